The van der Waals surface area contributed by atoms with Crippen LogP contribution in [0.4, 0.5) is 0 Å². The van der Waals surface area contributed by atoms with Gasteiger partial charge in [0.2, 0.25) is 0 Å². The number of nitrogens with zero attached hydrogens (tertiary/aromatic N) is 2. The van der Waals surface area contributed by atoms with Crippen LogP contribution in [0.2, 0.25) is 0 Å². The normalized spacial score (nSPS) is 18.1. The first-order valence-electron chi connectivity index (χ1n) is 5.26. The fourth-order valence-electron chi connectivity index (χ4n) is 1.69. The molecule has 3 nitrogen and oxygen atoms in total. The molecule has 0 radical (unpaired) electrons. The van der Waals surface area contributed by atoms with Gasteiger partial charge in [0, 0.05) is 12.0 Å². The van der Waals surface area contributed by atoms with E-state index in [1.165, 1.54) is 5.84 Å². The van der Waals surface area contributed by atoms with Crippen molar-refractivity contribution in [2.24, 2.45) is 15.9 Å². The lowest BCUT2D eigenvalue weighted by atomic mass is 9.91. The molecule has 0 spiro atoms. The summed E-state index contributed by atoms with van der Waals surface area (Å²) < 4.78 is 0. The third kappa shape index (κ3) is 2.89. The Bertz CT molecular complexity index is 230. The van der Waals surface area contributed by atoms with E-state index in [4.69, 9.17) is 0 Å². The van der Waals surface area contributed by atoms with E-state index in [-0.39, 0.29) is 5.41 Å². The highest BCUT2D eigenvalue weighted by Gasteiger charge is 2.30. The highest BCUT2D eigenvalue weighted by atomic mass is 15.5. The minimum Gasteiger partial charge on any atom is -0.339 e. The maximum Gasteiger partial charge on any atom is 0.131 e. The van der Waals surface area contributed by atoms with Crippen LogP contribution in [0.15, 0.2) is 5.10 Å². The Morgan fingerprint density at radius 2 is 1.79 bits per heavy atom. The Labute approximate surface area is 87.6 Å². The van der Waals surface area contributed by atoms with E-state index in [1.807, 2.05) is 0 Å². The molecular formula is C11H23N3. The molecule has 0 unspecified atom stereocenters. The molecule has 0 aliphatic carbocycles. The Morgan fingerprint density at radius 3 is 2.21 bits per heavy atom. The van der Waals surface area contributed by atoms with Crippen LogP contribution in [0.1, 0.15) is 41.5 Å². The molecule has 1 N–H and O–H groups in total. The molecule has 0 aromatic carbocycles. The molecule has 14 heavy (non-hydrogen) atoms. The summed E-state index contributed by atoms with van der Waals surface area (Å²) in [5.41, 5.74) is 3.52. The van der Waals surface area contributed by atoms with Crippen LogP contribution in [0.25, 0.3) is 0 Å². The zero-order valence-electron chi connectivity index (χ0n) is 10.3. The number of hydrazone groups is 1. The van der Waals surface area contributed by atoms with Gasteiger partial charge in [0.1, 0.15) is 12.5 Å². The van der Waals surface area contributed by atoms with E-state index in [2.05, 4.69) is 57.0 Å². The number of rotatable bonds is 1. The highest BCUT2D eigenvalue weighted by Crippen LogP contribution is 2.24. The monoisotopic (exact) mass is 197 g/mol. The molecule has 0 aromatic rings. The van der Waals surface area contributed by atoms with Crippen molar-refractivity contribution in [3.8, 4) is 0 Å². The van der Waals surface area contributed by atoms with Crippen molar-refractivity contribution in [3.05, 3.63) is 0 Å². The zero-order chi connectivity index (χ0) is 11.0. The van der Waals surface area contributed by atoms with Gasteiger partial charge in [0.25, 0.3) is 0 Å². The van der Waals surface area contributed by atoms with Gasteiger partial charge in [-0.1, -0.05) is 41.5 Å². The van der Waals surface area contributed by atoms with Gasteiger partial charge in [-0.2, -0.15) is 5.10 Å². The summed E-state index contributed by atoms with van der Waals surface area (Å²) in [6, 6.07) is 0. The molecule has 1 aliphatic heterocycles. The van der Waals surface area contributed by atoms with Crippen LogP contribution >= 0.6 is 0 Å². The maximum absolute atomic E-state index is 4.37. The summed E-state index contributed by atoms with van der Waals surface area (Å²) in [7, 11) is 0. The molecule has 0 saturated heterocycles. The summed E-state index contributed by atoms with van der Waals surface area (Å²) in [6.07, 6.45) is 0. The Hall–Kier alpha value is -0.730. The highest BCUT2D eigenvalue weighted by molar-refractivity contribution is 5.88. The van der Waals surface area contributed by atoms with Crippen molar-refractivity contribution >= 4 is 5.84 Å². The van der Waals surface area contributed by atoms with Gasteiger partial charge in [-0.3, -0.25) is 5.43 Å². The molecule has 0 aromatic heterocycles. The van der Waals surface area contributed by atoms with Gasteiger partial charge in [-0.25, -0.2) is 0 Å². The van der Waals surface area contributed by atoms with Crippen molar-refractivity contribution in [2.45, 2.75) is 41.5 Å². The Morgan fingerprint density at radius 1 is 1.21 bits per heavy atom. The number of hydrogen-bond acceptors (Lipinski definition) is 3. The van der Waals surface area contributed by atoms with Gasteiger partial charge in [-0.15, -0.1) is 0 Å². The smallest absolute Gasteiger partial charge is 0.131 e. The standard InChI is InChI=1S/C11H23N3/c1-10(2,3)7-14-8-12-13-9(14)11(4,5)6/h12H,7-8H2,1-6H3. The van der Waals surface area contributed by atoms with Crippen molar-refractivity contribution in [2.75, 3.05) is 13.2 Å². The van der Waals surface area contributed by atoms with Crippen LogP contribution in [-0.2, 0) is 0 Å². The molecule has 1 rings (SSSR count). The molecule has 3 heteroatoms. The summed E-state index contributed by atoms with van der Waals surface area (Å²) >= 11 is 0. The van der Waals surface area contributed by atoms with Crippen LogP contribution in [0.5, 0.6) is 0 Å². The molecule has 0 amide bonds. The molecule has 0 saturated carbocycles. The minimum absolute atomic E-state index is 0.134. The van der Waals surface area contributed by atoms with E-state index < -0.39 is 0 Å². The average molecular weight is 197 g/mol. The Kier molecular flexibility index (Phi) is 2.79. The average Bonchev–Trinajstić information content (AvgIpc) is 2.29. The fourth-order valence-corrected chi connectivity index (χ4v) is 1.69. The summed E-state index contributed by atoms with van der Waals surface area (Å²) in [4.78, 5) is 2.33. The van der Waals surface area contributed by atoms with Crippen molar-refractivity contribution in [1.29, 1.82) is 0 Å². The second-order valence-corrected chi connectivity index (χ2v) is 6.26. The van der Waals surface area contributed by atoms with Crippen LogP contribution in [-0.4, -0.2) is 23.9 Å². The third-order valence-corrected chi connectivity index (χ3v) is 2.08. The van der Waals surface area contributed by atoms with Crippen LogP contribution < -0.4 is 5.43 Å². The van der Waals surface area contributed by atoms with E-state index in [0.717, 1.165) is 13.2 Å². The summed E-state index contributed by atoms with van der Waals surface area (Å²) in [6.45, 7) is 15.3. The SMILES string of the molecule is CC(C)(C)CN1CNN=C1C(C)(C)C. The lowest BCUT2D eigenvalue weighted by Gasteiger charge is -2.32. The predicted molar refractivity (Wildman–Crippen MR) is 61.1 cm³/mol. The predicted octanol–water partition coefficient (Wildman–Crippen LogP) is 2.25. The van der Waals surface area contributed by atoms with Crippen molar-refractivity contribution in [3.63, 3.8) is 0 Å². The van der Waals surface area contributed by atoms with E-state index in [1.54, 1.807) is 0 Å². The molecule has 1 heterocycles. The molecule has 82 valence electrons. The van der Waals surface area contributed by atoms with Gasteiger partial charge >= 0.3 is 0 Å². The second-order valence-electron chi connectivity index (χ2n) is 6.26. The van der Waals surface area contributed by atoms with Crippen LogP contribution in [0, 0.1) is 10.8 Å². The lowest BCUT2D eigenvalue weighted by molar-refractivity contribution is 0.265. The van der Waals surface area contributed by atoms with Gasteiger partial charge < -0.3 is 4.90 Å². The first-order chi connectivity index (χ1) is 6.20. The summed E-state index contributed by atoms with van der Waals surface area (Å²) in [5, 5.41) is 4.37. The zero-order valence-corrected chi connectivity index (χ0v) is 10.3. The van der Waals surface area contributed by atoms with Gasteiger partial charge in [0.05, 0.1) is 0 Å². The molecule has 0 atom stereocenters. The van der Waals surface area contributed by atoms with E-state index >= 15 is 0 Å². The number of hydrogen-bond donors (Lipinski definition) is 1. The van der Waals surface area contributed by atoms with Gasteiger partial charge in [-0.05, 0) is 5.41 Å². The van der Waals surface area contributed by atoms with E-state index in [0.29, 0.717) is 5.41 Å². The fraction of sp³-hybridized carbons (Fsp3) is 0.909. The Balaban J connectivity index is 2.69. The minimum atomic E-state index is 0.134. The number of nitrogens with one attached hydrogen (secondary N) is 1. The molecule has 1 aliphatic rings. The third-order valence-electron chi connectivity index (χ3n) is 2.08. The van der Waals surface area contributed by atoms with Gasteiger partial charge in [0.15, 0.2) is 0 Å². The van der Waals surface area contributed by atoms with Crippen LogP contribution in [0.3, 0.4) is 0 Å². The molecular weight excluding hydrogens is 174 g/mol. The van der Waals surface area contributed by atoms with Crippen molar-refractivity contribution in [1.82, 2.24) is 10.3 Å². The number of amidine groups is 1. The quantitative estimate of drug-likeness (QED) is 0.698. The molecule has 0 bridgehead atoms. The first-order valence-corrected chi connectivity index (χ1v) is 5.26. The maximum atomic E-state index is 4.37. The van der Waals surface area contributed by atoms with Crippen molar-refractivity contribution < 1.29 is 0 Å². The molecule has 0 fully saturated rings. The largest absolute Gasteiger partial charge is 0.339 e. The summed E-state index contributed by atoms with van der Waals surface area (Å²) in [5.74, 6) is 1.17. The van der Waals surface area contributed by atoms with E-state index in [9.17, 15) is 0 Å². The lowest BCUT2D eigenvalue weighted by Crippen LogP contribution is -2.41. The first kappa shape index (κ1) is 11.3. The second kappa shape index (κ2) is 3.44. The topological polar surface area (TPSA) is 27.6 Å².